The molecule has 66 valence electrons. The minimum Gasteiger partial charge on any atom is -0.396 e. The molecule has 0 aliphatic heterocycles. The first-order valence-electron chi connectivity index (χ1n) is 3.40. The van der Waals surface area contributed by atoms with Crippen molar-refractivity contribution < 1.29 is 13.9 Å². The predicted octanol–water partition coefficient (Wildman–Crippen LogP) is 2.15. The quantitative estimate of drug-likeness (QED) is 0.712. The Bertz CT molecular complexity index is 289. The summed E-state index contributed by atoms with van der Waals surface area (Å²) in [5.74, 6) is -2.02. The lowest BCUT2D eigenvalue weighted by atomic mass is 10.1. The molecular formula is C8H7ClF2O. The number of aliphatic hydroxyl groups is 1. The normalized spacial score (nSPS) is 10.3. The van der Waals surface area contributed by atoms with Crippen LogP contribution in [0.15, 0.2) is 12.1 Å². The highest BCUT2D eigenvalue weighted by molar-refractivity contribution is 6.31. The standard InChI is InChI=1S/C8H7ClF2O/c9-7-5(3-4-12)1-2-6(10)8(7)11/h1-2,12H,3-4H2. The third kappa shape index (κ3) is 1.73. The summed E-state index contributed by atoms with van der Waals surface area (Å²) in [6.45, 7) is -0.134. The number of benzene rings is 1. The molecule has 0 spiro atoms. The molecule has 0 radical (unpaired) electrons. The maximum Gasteiger partial charge on any atom is 0.177 e. The lowest BCUT2D eigenvalue weighted by Crippen LogP contribution is -1.95. The number of rotatable bonds is 2. The molecule has 12 heavy (non-hydrogen) atoms. The first kappa shape index (κ1) is 9.42. The van der Waals surface area contributed by atoms with Gasteiger partial charge in [-0.1, -0.05) is 17.7 Å². The summed E-state index contributed by atoms with van der Waals surface area (Å²) >= 11 is 5.45. The number of hydrogen-bond donors (Lipinski definition) is 1. The number of halogens is 3. The van der Waals surface area contributed by atoms with Crippen LogP contribution in [0, 0.1) is 11.6 Å². The molecule has 0 heterocycles. The van der Waals surface area contributed by atoms with Crippen molar-refractivity contribution in [2.45, 2.75) is 6.42 Å². The number of aliphatic hydroxyl groups excluding tert-OH is 1. The van der Waals surface area contributed by atoms with Gasteiger partial charge in [0, 0.05) is 6.61 Å². The van der Waals surface area contributed by atoms with E-state index in [0.29, 0.717) is 5.56 Å². The molecule has 0 saturated heterocycles. The van der Waals surface area contributed by atoms with E-state index < -0.39 is 11.6 Å². The molecule has 0 aliphatic rings. The summed E-state index contributed by atoms with van der Waals surface area (Å²) < 4.78 is 25.2. The molecule has 0 aliphatic carbocycles. The molecule has 0 fully saturated rings. The van der Waals surface area contributed by atoms with Gasteiger partial charge >= 0.3 is 0 Å². The molecule has 4 heteroatoms. The van der Waals surface area contributed by atoms with Crippen LogP contribution in [0.4, 0.5) is 8.78 Å². The van der Waals surface area contributed by atoms with Crippen molar-refractivity contribution in [1.29, 1.82) is 0 Å². The molecule has 1 N–H and O–H groups in total. The summed E-state index contributed by atoms with van der Waals surface area (Å²) in [7, 11) is 0. The monoisotopic (exact) mass is 192 g/mol. The molecule has 1 rings (SSSR count). The van der Waals surface area contributed by atoms with Crippen LogP contribution in [0.25, 0.3) is 0 Å². The molecule has 1 aromatic rings. The van der Waals surface area contributed by atoms with Crippen LogP contribution in [0.3, 0.4) is 0 Å². The predicted molar refractivity (Wildman–Crippen MR) is 42.2 cm³/mol. The fraction of sp³-hybridized carbons (Fsp3) is 0.250. The lowest BCUT2D eigenvalue weighted by molar-refractivity contribution is 0.299. The third-order valence-corrected chi connectivity index (χ3v) is 1.90. The van der Waals surface area contributed by atoms with E-state index in [1.807, 2.05) is 0 Å². The van der Waals surface area contributed by atoms with Gasteiger partial charge in [0.1, 0.15) is 0 Å². The van der Waals surface area contributed by atoms with Crippen LogP contribution in [0.5, 0.6) is 0 Å². The van der Waals surface area contributed by atoms with Crippen molar-refractivity contribution in [2.24, 2.45) is 0 Å². The Balaban J connectivity index is 3.08. The van der Waals surface area contributed by atoms with E-state index in [4.69, 9.17) is 16.7 Å². The maximum absolute atomic E-state index is 12.7. The van der Waals surface area contributed by atoms with Crippen molar-refractivity contribution in [3.63, 3.8) is 0 Å². The summed E-state index contributed by atoms with van der Waals surface area (Å²) in [5, 5.41) is 8.28. The van der Waals surface area contributed by atoms with E-state index in [1.54, 1.807) is 0 Å². The van der Waals surface area contributed by atoms with Crippen LogP contribution in [-0.2, 0) is 6.42 Å². The van der Waals surface area contributed by atoms with E-state index in [2.05, 4.69) is 0 Å². The zero-order chi connectivity index (χ0) is 9.14. The van der Waals surface area contributed by atoms with E-state index >= 15 is 0 Å². The van der Waals surface area contributed by atoms with Crippen LogP contribution in [0.1, 0.15) is 5.56 Å². The van der Waals surface area contributed by atoms with Crippen molar-refractivity contribution in [1.82, 2.24) is 0 Å². The van der Waals surface area contributed by atoms with E-state index in [0.717, 1.165) is 6.07 Å². The van der Waals surface area contributed by atoms with Gasteiger partial charge in [0.05, 0.1) is 5.02 Å². The van der Waals surface area contributed by atoms with Crippen molar-refractivity contribution in [3.05, 3.63) is 34.4 Å². The summed E-state index contributed by atoms with van der Waals surface area (Å²) in [4.78, 5) is 0. The van der Waals surface area contributed by atoms with Crippen molar-refractivity contribution in [3.8, 4) is 0 Å². The highest BCUT2D eigenvalue weighted by Crippen LogP contribution is 2.22. The lowest BCUT2D eigenvalue weighted by Gasteiger charge is -2.02. The minimum absolute atomic E-state index is 0.134. The Labute approximate surface area is 73.6 Å². The van der Waals surface area contributed by atoms with E-state index in [1.165, 1.54) is 6.07 Å². The maximum atomic E-state index is 12.7. The van der Waals surface area contributed by atoms with Crippen LogP contribution >= 0.6 is 11.6 Å². The third-order valence-electron chi connectivity index (χ3n) is 1.50. The van der Waals surface area contributed by atoms with Gasteiger partial charge in [0.15, 0.2) is 11.6 Å². The molecule has 0 amide bonds. The van der Waals surface area contributed by atoms with Gasteiger partial charge in [0.25, 0.3) is 0 Å². The van der Waals surface area contributed by atoms with Gasteiger partial charge in [-0.15, -0.1) is 0 Å². The summed E-state index contributed by atoms with van der Waals surface area (Å²) in [6, 6.07) is 2.35. The summed E-state index contributed by atoms with van der Waals surface area (Å²) in [6.07, 6.45) is 0.232. The minimum atomic E-state index is -1.05. The Morgan fingerprint density at radius 2 is 2.00 bits per heavy atom. The van der Waals surface area contributed by atoms with Crippen LogP contribution < -0.4 is 0 Å². The van der Waals surface area contributed by atoms with Crippen LogP contribution in [0.2, 0.25) is 5.02 Å². The Hall–Kier alpha value is -0.670. The highest BCUT2D eigenvalue weighted by Gasteiger charge is 2.10. The Morgan fingerprint density at radius 1 is 1.33 bits per heavy atom. The molecule has 0 atom stereocenters. The molecule has 0 unspecified atom stereocenters. The van der Waals surface area contributed by atoms with Gasteiger partial charge in [-0.05, 0) is 18.1 Å². The van der Waals surface area contributed by atoms with Gasteiger partial charge < -0.3 is 5.11 Å². The fourth-order valence-electron chi connectivity index (χ4n) is 0.879. The SMILES string of the molecule is OCCc1ccc(F)c(F)c1Cl. The van der Waals surface area contributed by atoms with Crippen LogP contribution in [-0.4, -0.2) is 11.7 Å². The molecule has 0 saturated carbocycles. The van der Waals surface area contributed by atoms with Gasteiger partial charge in [0.2, 0.25) is 0 Å². The molecule has 0 aromatic heterocycles. The smallest absolute Gasteiger partial charge is 0.177 e. The zero-order valence-corrected chi connectivity index (χ0v) is 6.91. The zero-order valence-electron chi connectivity index (χ0n) is 6.15. The Morgan fingerprint density at radius 3 is 2.58 bits per heavy atom. The average Bonchev–Trinajstić information content (AvgIpc) is 2.07. The number of hydrogen-bond acceptors (Lipinski definition) is 1. The fourth-order valence-corrected chi connectivity index (χ4v) is 1.13. The Kier molecular flexibility index (Phi) is 3.00. The largest absolute Gasteiger partial charge is 0.396 e. The topological polar surface area (TPSA) is 20.2 Å². The van der Waals surface area contributed by atoms with Gasteiger partial charge in [-0.2, -0.15) is 0 Å². The highest BCUT2D eigenvalue weighted by atomic mass is 35.5. The first-order chi connectivity index (χ1) is 5.66. The average molecular weight is 193 g/mol. The molecule has 1 aromatic carbocycles. The van der Waals surface area contributed by atoms with E-state index in [9.17, 15) is 8.78 Å². The van der Waals surface area contributed by atoms with Gasteiger partial charge in [-0.3, -0.25) is 0 Å². The van der Waals surface area contributed by atoms with Crippen molar-refractivity contribution >= 4 is 11.6 Å². The van der Waals surface area contributed by atoms with Crippen molar-refractivity contribution in [2.75, 3.05) is 6.61 Å². The van der Waals surface area contributed by atoms with Gasteiger partial charge in [-0.25, -0.2) is 8.78 Å². The first-order valence-corrected chi connectivity index (χ1v) is 3.78. The molecule has 0 bridgehead atoms. The second-order valence-electron chi connectivity index (χ2n) is 2.31. The molecule has 1 nitrogen and oxygen atoms in total. The second kappa shape index (κ2) is 3.83. The van der Waals surface area contributed by atoms with E-state index in [-0.39, 0.29) is 18.1 Å². The second-order valence-corrected chi connectivity index (χ2v) is 2.69. The molecular weight excluding hydrogens is 186 g/mol. The summed E-state index contributed by atoms with van der Waals surface area (Å²) in [5.41, 5.74) is 0.415.